The van der Waals surface area contributed by atoms with Crippen LogP contribution in [0.1, 0.15) is 5.56 Å². The molecule has 0 spiro atoms. The summed E-state index contributed by atoms with van der Waals surface area (Å²) >= 11 is 12.2. The molecule has 2 N–H and O–H groups in total. The number of hydrogen-bond donors (Lipinski definition) is 2. The molecule has 0 amide bonds. The quantitative estimate of drug-likeness (QED) is 0.164. The van der Waals surface area contributed by atoms with E-state index in [-0.39, 0.29) is 17.2 Å². The normalized spacial score (nSPS) is 12.2. The van der Waals surface area contributed by atoms with E-state index in [0.717, 1.165) is 16.2 Å². The van der Waals surface area contributed by atoms with Crippen molar-refractivity contribution < 1.29 is 17.4 Å². The summed E-state index contributed by atoms with van der Waals surface area (Å²) in [5.74, 6) is 0.491. The highest BCUT2D eigenvalue weighted by molar-refractivity contribution is 7.93. The number of halogens is 2. The molecule has 0 aliphatic rings. The summed E-state index contributed by atoms with van der Waals surface area (Å²) in [4.78, 5) is 0.755. The number of hydrogen-bond acceptors (Lipinski definition) is 4. The summed E-state index contributed by atoms with van der Waals surface area (Å²) in [7, 11) is -5.64. The van der Waals surface area contributed by atoms with Gasteiger partial charge in [0.25, 0.3) is 10.0 Å². The number of rotatable bonds is 9. The van der Waals surface area contributed by atoms with Crippen LogP contribution in [0.2, 0.25) is 10.0 Å². The summed E-state index contributed by atoms with van der Waals surface area (Å²) in [5.41, 5.74) is 1.35. The first-order valence-corrected chi connectivity index (χ1v) is 16.5. The fourth-order valence-corrected chi connectivity index (χ4v) is 7.38. The first-order chi connectivity index (χ1) is 20.8. The van der Waals surface area contributed by atoms with E-state index in [4.69, 9.17) is 27.9 Å². The van der Waals surface area contributed by atoms with Gasteiger partial charge in [0.2, 0.25) is 0 Å². The number of anilines is 2. The van der Waals surface area contributed by atoms with Crippen molar-refractivity contribution in [3.63, 3.8) is 0 Å². The first kappa shape index (κ1) is 29.0. The molecule has 0 heterocycles. The van der Waals surface area contributed by atoms with Gasteiger partial charge in [0.15, 0.2) is 11.0 Å². The molecule has 6 aromatic carbocycles. The lowest BCUT2D eigenvalue weighted by atomic mass is 10.1. The molecular weight excluding hydrogens is 623 g/mol. The predicted octanol–water partition coefficient (Wildman–Crippen LogP) is 8.81. The second-order valence-corrected chi connectivity index (χ2v) is 13.4. The Labute approximate surface area is 261 Å². The standard InChI is InChI=1S/C33H24Cl2N2O4S2/c34-30-16-15-27(20-31(30)35)41-21-22-17-25(36-42(38)32-13-5-9-23-7-1-3-11-28(23)32)19-26(18-22)37-43(39,40)33-14-6-10-24-8-2-4-12-29(24)33/h1-20,36-37H,21H2. The van der Waals surface area contributed by atoms with Gasteiger partial charge in [-0.2, -0.15) is 0 Å². The van der Waals surface area contributed by atoms with Gasteiger partial charge in [-0.05, 0) is 64.2 Å². The number of nitrogens with one attached hydrogen (secondary N) is 2. The third-order valence-electron chi connectivity index (χ3n) is 6.74. The number of ether oxygens (including phenoxy) is 1. The number of benzene rings is 6. The topological polar surface area (TPSA) is 84.5 Å². The Bertz CT molecular complexity index is 2110. The fourth-order valence-electron chi connectivity index (χ4n) is 4.79. The van der Waals surface area contributed by atoms with Crippen LogP contribution in [0.15, 0.2) is 131 Å². The van der Waals surface area contributed by atoms with Crippen molar-refractivity contribution in [1.29, 1.82) is 0 Å². The Morgan fingerprint density at radius 1 is 0.674 bits per heavy atom. The van der Waals surface area contributed by atoms with Crippen LogP contribution in [-0.4, -0.2) is 12.6 Å². The highest BCUT2D eigenvalue weighted by atomic mass is 35.5. The molecule has 10 heteroatoms. The molecule has 0 saturated carbocycles. The summed E-state index contributed by atoms with van der Waals surface area (Å²) in [6, 6.07) is 35.7. The van der Waals surface area contributed by atoms with Crippen LogP contribution in [0, 0.1) is 0 Å². The van der Waals surface area contributed by atoms with Crippen molar-refractivity contribution in [2.45, 2.75) is 16.4 Å². The summed E-state index contributed by atoms with van der Waals surface area (Å²) in [6.45, 7) is 0.0807. The van der Waals surface area contributed by atoms with Gasteiger partial charge >= 0.3 is 0 Å². The Kier molecular flexibility index (Phi) is 8.27. The molecule has 6 aromatic rings. The molecule has 0 saturated heterocycles. The highest BCUT2D eigenvalue weighted by Crippen LogP contribution is 2.30. The Balaban J connectivity index is 1.35. The van der Waals surface area contributed by atoms with E-state index >= 15 is 0 Å². The second-order valence-electron chi connectivity index (χ2n) is 9.71. The zero-order valence-electron chi connectivity index (χ0n) is 22.5. The SMILES string of the molecule is O=S(Nc1cc(COc2ccc(Cl)c(Cl)c2)cc(NS(=O)(=O)c2cccc3ccccc23)c1)c1cccc2ccccc12. The van der Waals surface area contributed by atoms with Crippen molar-refractivity contribution in [3.8, 4) is 5.75 Å². The minimum atomic E-state index is -3.99. The second kappa shape index (κ2) is 12.3. The molecule has 0 radical (unpaired) electrons. The lowest BCUT2D eigenvalue weighted by molar-refractivity contribution is 0.306. The molecule has 0 aliphatic carbocycles. The van der Waals surface area contributed by atoms with E-state index in [1.54, 1.807) is 66.7 Å². The summed E-state index contributed by atoms with van der Waals surface area (Å²) in [6.07, 6.45) is 0. The minimum Gasteiger partial charge on any atom is -0.489 e. The molecule has 1 unspecified atom stereocenters. The lowest BCUT2D eigenvalue weighted by Crippen LogP contribution is -2.14. The van der Waals surface area contributed by atoms with E-state index in [1.165, 1.54) is 0 Å². The van der Waals surface area contributed by atoms with E-state index in [1.807, 2.05) is 54.6 Å². The maximum absolute atomic E-state index is 13.6. The van der Waals surface area contributed by atoms with Crippen molar-refractivity contribution in [2.24, 2.45) is 0 Å². The smallest absolute Gasteiger partial charge is 0.262 e. The van der Waals surface area contributed by atoms with Gasteiger partial charge in [0.1, 0.15) is 12.4 Å². The van der Waals surface area contributed by atoms with Gasteiger partial charge in [-0.1, -0.05) is 96.0 Å². The lowest BCUT2D eigenvalue weighted by Gasteiger charge is -2.15. The summed E-state index contributed by atoms with van der Waals surface area (Å²) < 4.78 is 52.5. The predicted molar refractivity (Wildman–Crippen MR) is 176 cm³/mol. The third-order valence-corrected chi connectivity index (χ3v) is 10.1. The van der Waals surface area contributed by atoms with Crippen LogP contribution in [0.4, 0.5) is 11.4 Å². The highest BCUT2D eigenvalue weighted by Gasteiger charge is 2.19. The molecule has 6 rings (SSSR count). The largest absolute Gasteiger partial charge is 0.489 e. The Morgan fingerprint density at radius 3 is 2.09 bits per heavy atom. The van der Waals surface area contributed by atoms with E-state index in [9.17, 15) is 12.6 Å². The molecule has 6 nitrogen and oxygen atoms in total. The average molecular weight is 648 g/mol. The van der Waals surface area contributed by atoms with Gasteiger partial charge in [-0.3, -0.25) is 4.72 Å². The number of sulfonamides is 1. The van der Waals surface area contributed by atoms with E-state index in [2.05, 4.69) is 9.44 Å². The molecular formula is C33H24Cl2N2O4S2. The van der Waals surface area contributed by atoms with Crippen LogP contribution >= 0.6 is 23.2 Å². The van der Waals surface area contributed by atoms with Gasteiger partial charge in [0, 0.05) is 17.1 Å². The molecule has 1 atom stereocenters. The van der Waals surface area contributed by atoms with E-state index in [0.29, 0.717) is 37.3 Å². The Hall–Kier alpha value is -4.08. The van der Waals surface area contributed by atoms with Crippen molar-refractivity contribution >= 4 is 77.1 Å². The third kappa shape index (κ3) is 6.48. The Morgan fingerprint density at radius 2 is 1.33 bits per heavy atom. The zero-order chi connectivity index (χ0) is 30.0. The van der Waals surface area contributed by atoms with Gasteiger partial charge < -0.3 is 9.46 Å². The number of fused-ring (bicyclic) bond motifs is 2. The van der Waals surface area contributed by atoms with Crippen LogP contribution in [0.3, 0.4) is 0 Å². The van der Waals surface area contributed by atoms with Crippen molar-refractivity contribution in [2.75, 3.05) is 9.44 Å². The van der Waals surface area contributed by atoms with Crippen LogP contribution in [0.5, 0.6) is 5.75 Å². The molecule has 0 fully saturated rings. The van der Waals surface area contributed by atoms with Crippen LogP contribution in [-0.2, 0) is 27.6 Å². The molecule has 0 aromatic heterocycles. The molecule has 216 valence electrons. The van der Waals surface area contributed by atoms with Crippen LogP contribution in [0.25, 0.3) is 21.5 Å². The van der Waals surface area contributed by atoms with Gasteiger partial charge in [-0.25, -0.2) is 12.6 Å². The molecule has 0 bridgehead atoms. The van der Waals surface area contributed by atoms with Crippen molar-refractivity contribution in [3.05, 3.63) is 137 Å². The van der Waals surface area contributed by atoms with Crippen molar-refractivity contribution in [1.82, 2.24) is 0 Å². The maximum atomic E-state index is 13.6. The van der Waals surface area contributed by atoms with Crippen LogP contribution < -0.4 is 14.2 Å². The van der Waals surface area contributed by atoms with E-state index < -0.39 is 21.0 Å². The molecule has 43 heavy (non-hydrogen) atoms. The molecule has 0 aliphatic heterocycles. The zero-order valence-corrected chi connectivity index (χ0v) is 25.6. The maximum Gasteiger partial charge on any atom is 0.262 e. The monoisotopic (exact) mass is 646 g/mol. The average Bonchev–Trinajstić information content (AvgIpc) is 3.00. The van der Waals surface area contributed by atoms with Gasteiger partial charge in [-0.15, -0.1) is 0 Å². The minimum absolute atomic E-state index is 0.0807. The summed E-state index contributed by atoms with van der Waals surface area (Å²) in [5, 5.41) is 3.98. The first-order valence-electron chi connectivity index (χ1n) is 13.2. The fraction of sp³-hybridized carbons (Fsp3) is 0.0303. The van der Waals surface area contributed by atoms with Gasteiger partial charge in [0.05, 0.1) is 25.5 Å².